The number of ether oxygens (including phenoxy) is 3. The Hall–Kier alpha value is -1.46. The molecule has 1 aromatic carbocycles. The molecule has 0 aliphatic carbocycles. The molecule has 5 nitrogen and oxygen atoms in total. The number of benzene rings is 1. The van der Waals surface area contributed by atoms with Crippen molar-refractivity contribution in [3.63, 3.8) is 0 Å². The molecular formula is C13H19NO4. The third-order valence-corrected chi connectivity index (χ3v) is 3.34. The Morgan fingerprint density at radius 1 is 1.06 bits per heavy atom. The molecular weight excluding hydrogens is 234 g/mol. The van der Waals surface area contributed by atoms with Gasteiger partial charge in [-0.2, -0.15) is 0 Å². The zero-order valence-corrected chi connectivity index (χ0v) is 10.9. The normalized spacial score (nSPS) is 22.9. The van der Waals surface area contributed by atoms with Gasteiger partial charge >= 0.3 is 0 Å². The predicted octanol–water partition coefficient (Wildman–Crippen LogP) is 0.893. The van der Waals surface area contributed by atoms with Crippen LogP contribution in [0.25, 0.3) is 0 Å². The van der Waals surface area contributed by atoms with E-state index in [1.54, 1.807) is 33.5 Å². The Bertz CT molecular complexity index is 427. The summed E-state index contributed by atoms with van der Waals surface area (Å²) in [5, 5.41) is 13.8. The maximum absolute atomic E-state index is 10.6. The van der Waals surface area contributed by atoms with Crippen molar-refractivity contribution in [1.82, 2.24) is 5.32 Å². The zero-order chi connectivity index (χ0) is 13.2. The van der Waals surface area contributed by atoms with Crippen LogP contribution in [0.2, 0.25) is 0 Å². The number of hydrogen-bond acceptors (Lipinski definition) is 5. The third kappa shape index (κ3) is 2.11. The lowest BCUT2D eigenvalue weighted by Gasteiger charge is -2.25. The standard InChI is InChI=1S/C13H19NO4/c1-16-10-7-12(18-3)11(17-2)6-9(10)13(15)4-5-14-8-13/h6-7,14-15H,4-5,8H2,1-3H3. The molecule has 100 valence electrons. The smallest absolute Gasteiger partial charge is 0.164 e. The molecule has 1 fully saturated rings. The van der Waals surface area contributed by atoms with Crippen molar-refractivity contribution in [2.75, 3.05) is 34.4 Å². The average Bonchev–Trinajstić information content (AvgIpc) is 2.85. The topological polar surface area (TPSA) is 60.0 Å². The molecule has 0 spiro atoms. The van der Waals surface area contributed by atoms with Crippen LogP contribution in [-0.2, 0) is 5.60 Å². The summed E-state index contributed by atoms with van der Waals surface area (Å²) in [6.45, 7) is 1.30. The summed E-state index contributed by atoms with van der Waals surface area (Å²) in [4.78, 5) is 0. The molecule has 1 saturated heterocycles. The van der Waals surface area contributed by atoms with E-state index in [0.717, 1.165) is 12.1 Å². The summed E-state index contributed by atoms with van der Waals surface area (Å²) < 4.78 is 15.8. The van der Waals surface area contributed by atoms with Crippen molar-refractivity contribution in [3.05, 3.63) is 17.7 Å². The molecule has 0 saturated carbocycles. The number of nitrogens with one attached hydrogen (secondary N) is 1. The highest BCUT2D eigenvalue weighted by Gasteiger charge is 2.36. The van der Waals surface area contributed by atoms with Crippen molar-refractivity contribution in [1.29, 1.82) is 0 Å². The Labute approximate surface area is 107 Å². The number of β-amino-alcohol motifs (C(OH)–C–C–N with tert-alkyl or cyclic N) is 1. The van der Waals surface area contributed by atoms with E-state index >= 15 is 0 Å². The third-order valence-electron chi connectivity index (χ3n) is 3.34. The Balaban J connectivity index is 2.51. The Kier molecular flexibility index (Phi) is 3.63. The Morgan fingerprint density at radius 3 is 2.17 bits per heavy atom. The first-order valence-electron chi connectivity index (χ1n) is 5.88. The van der Waals surface area contributed by atoms with Crippen LogP contribution in [-0.4, -0.2) is 39.5 Å². The van der Waals surface area contributed by atoms with E-state index in [1.165, 1.54) is 0 Å². The minimum absolute atomic E-state index is 0.513. The lowest BCUT2D eigenvalue weighted by Crippen LogP contribution is -2.29. The number of rotatable bonds is 4. The molecule has 0 amide bonds. The van der Waals surface area contributed by atoms with Gasteiger partial charge in [-0.25, -0.2) is 0 Å². The molecule has 5 heteroatoms. The SMILES string of the molecule is COc1cc(OC)c(C2(O)CCNC2)cc1OC. The van der Waals surface area contributed by atoms with Crippen LogP contribution in [0, 0.1) is 0 Å². The maximum Gasteiger partial charge on any atom is 0.164 e. The van der Waals surface area contributed by atoms with Gasteiger partial charge in [0.25, 0.3) is 0 Å². The van der Waals surface area contributed by atoms with E-state index < -0.39 is 5.60 Å². The molecule has 0 bridgehead atoms. The lowest BCUT2D eigenvalue weighted by molar-refractivity contribution is 0.0557. The second kappa shape index (κ2) is 5.04. The van der Waals surface area contributed by atoms with Crippen LogP contribution in [0.15, 0.2) is 12.1 Å². The van der Waals surface area contributed by atoms with Crippen molar-refractivity contribution in [2.45, 2.75) is 12.0 Å². The fourth-order valence-electron chi connectivity index (χ4n) is 2.30. The van der Waals surface area contributed by atoms with E-state index in [1.807, 2.05) is 0 Å². The molecule has 0 radical (unpaired) electrons. The molecule has 1 atom stereocenters. The lowest BCUT2D eigenvalue weighted by atomic mass is 9.91. The van der Waals surface area contributed by atoms with Crippen molar-refractivity contribution < 1.29 is 19.3 Å². The van der Waals surface area contributed by atoms with Crippen LogP contribution in [0.3, 0.4) is 0 Å². The molecule has 2 rings (SSSR count). The molecule has 1 aliphatic heterocycles. The van der Waals surface area contributed by atoms with Gasteiger partial charge in [-0.1, -0.05) is 0 Å². The van der Waals surface area contributed by atoms with Gasteiger partial charge in [-0.15, -0.1) is 0 Å². The van der Waals surface area contributed by atoms with Crippen molar-refractivity contribution >= 4 is 0 Å². The second-order valence-corrected chi connectivity index (χ2v) is 4.37. The summed E-state index contributed by atoms with van der Waals surface area (Å²) in [5.74, 6) is 1.79. The fraction of sp³-hybridized carbons (Fsp3) is 0.538. The second-order valence-electron chi connectivity index (χ2n) is 4.37. The molecule has 1 aromatic rings. The van der Waals surface area contributed by atoms with E-state index in [-0.39, 0.29) is 0 Å². The zero-order valence-electron chi connectivity index (χ0n) is 10.9. The van der Waals surface area contributed by atoms with Gasteiger partial charge in [-0.05, 0) is 19.0 Å². The summed E-state index contributed by atoms with van der Waals surface area (Å²) in [6, 6.07) is 3.52. The van der Waals surface area contributed by atoms with Gasteiger partial charge in [0.2, 0.25) is 0 Å². The van der Waals surface area contributed by atoms with Gasteiger partial charge in [-0.3, -0.25) is 0 Å². The highest BCUT2D eigenvalue weighted by Crippen LogP contribution is 2.41. The average molecular weight is 253 g/mol. The van der Waals surface area contributed by atoms with E-state index in [4.69, 9.17) is 14.2 Å². The Morgan fingerprint density at radius 2 is 1.67 bits per heavy atom. The molecule has 1 heterocycles. The summed E-state index contributed by atoms with van der Waals surface area (Å²) in [7, 11) is 4.73. The molecule has 1 aliphatic rings. The van der Waals surface area contributed by atoms with Gasteiger partial charge in [0.1, 0.15) is 11.4 Å². The number of methoxy groups -OCH3 is 3. The van der Waals surface area contributed by atoms with Crippen LogP contribution in [0.4, 0.5) is 0 Å². The quantitative estimate of drug-likeness (QED) is 0.834. The van der Waals surface area contributed by atoms with Gasteiger partial charge in [0, 0.05) is 18.2 Å². The summed E-state index contributed by atoms with van der Waals surface area (Å²) in [6.07, 6.45) is 0.652. The van der Waals surface area contributed by atoms with E-state index in [0.29, 0.717) is 30.2 Å². The molecule has 1 unspecified atom stereocenters. The number of hydrogen-bond donors (Lipinski definition) is 2. The molecule has 18 heavy (non-hydrogen) atoms. The van der Waals surface area contributed by atoms with Crippen LogP contribution in [0.5, 0.6) is 17.2 Å². The maximum atomic E-state index is 10.6. The minimum Gasteiger partial charge on any atom is -0.496 e. The predicted molar refractivity (Wildman–Crippen MR) is 67.5 cm³/mol. The highest BCUT2D eigenvalue weighted by atomic mass is 16.5. The fourth-order valence-corrected chi connectivity index (χ4v) is 2.30. The minimum atomic E-state index is -0.912. The van der Waals surface area contributed by atoms with Gasteiger partial charge in [0.05, 0.1) is 21.3 Å². The summed E-state index contributed by atoms with van der Waals surface area (Å²) >= 11 is 0. The largest absolute Gasteiger partial charge is 0.496 e. The summed E-state index contributed by atoms with van der Waals surface area (Å²) in [5.41, 5.74) is -0.183. The van der Waals surface area contributed by atoms with Crippen molar-refractivity contribution in [3.8, 4) is 17.2 Å². The first-order chi connectivity index (χ1) is 8.64. The van der Waals surface area contributed by atoms with Crippen LogP contribution in [0.1, 0.15) is 12.0 Å². The highest BCUT2D eigenvalue weighted by molar-refractivity contribution is 5.53. The van der Waals surface area contributed by atoms with Crippen LogP contribution >= 0.6 is 0 Å². The molecule has 0 aromatic heterocycles. The number of aliphatic hydroxyl groups is 1. The van der Waals surface area contributed by atoms with Crippen LogP contribution < -0.4 is 19.5 Å². The van der Waals surface area contributed by atoms with Gasteiger partial charge < -0.3 is 24.6 Å². The first-order valence-corrected chi connectivity index (χ1v) is 5.88. The molecule has 2 N–H and O–H groups in total. The van der Waals surface area contributed by atoms with Crippen molar-refractivity contribution in [2.24, 2.45) is 0 Å². The first kappa shape index (κ1) is 13.0. The van der Waals surface area contributed by atoms with E-state index in [9.17, 15) is 5.11 Å². The van der Waals surface area contributed by atoms with Gasteiger partial charge in [0.15, 0.2) is 11.5 Å². The van der Waals surface area contributed by atoms with E-state index in [2.05, 4.69) is 5.32 Å². The monoisotopic (exact) mass is 253 g/mol.